The van der Waals surface area contributed by atoms with E-state index < -0.39 is 11.6 Å². The largest absolute Gasteiger partial charge is 0.308 e. The SMILES string of the molecule is CC(NC(CN(C)C)C(C)C)c1ccc(F)c(F)c1. The Hall–Kier alpha value is -1.00. The van der Waals surface area contributed by atoms with Gasteiger partial charge in [0.15, 0.2) is 11.6 Å². The van der Waals surface area contributed by atoms with E-state index >= 15 is 0 Å². The summed E-state index contributed by atoms with van der Waals surface area (Å²) in [4.78, 5) is 2.12. The molecule has 2 nitrogen and oxygen atoms in total. The van der Waals surface area contributed by atoms with E-state index in [-0.39, 0.29) is 6.04 Å². The minimum absolute atomic E-state index is 0.0116. The molecule has 0 heterocycles. The Morgan fingerprint density at radius 1 is 1.11 bits per heavy atom. The molecule has 108 valence electrons. The van der Waals surface area contributed by atoms with Crippen molar-refractivity contribution in [2.24, 2.45) is 5.92 Å². The molecule has 19 heavy (non-hydrogen) atoms. The molecule has 0 bridgehead atoms. The second-order valence-corrected chi connectivity index (χ2v) is 5.67. The van der Waals surface area contributed by atoms with Crippen molar-refractivity contribution in [3.05, 3.63) is 35.4 Å². The van der Waals surface area contributed by atoms with Gasteiger partial charge in [-0.25, -0.2) is 8.78 Å². The fraction of sp³-hybridized carbons (Fsp3) is 0.600. The second kappa shape index (κ2) is 6.96. The highest BCUT2D eigenvalue weighted by molar-refractivity contribution is 5.20. The maximum atomic E-state index is 13.2. The van der Waals surface area contributed by atoms with Crippen molar-refractivity contribution in [3.63, 3.8) is 0 Å². The maximum absolute atomic E-state index is 13.2. The van der Waals surface area contributed by atoms with Crippen LogP contribution in [-0.4, -0.2) is 31.6 Å². The van der Waals surface area contributed by atoms with E-state index in [4.69, 9.17) is 0 Å². The average Bonchev–Trinajstić information content (AvgIpc) is 2.31. The van der Waals surface area contributed by atoms with Gasteiger partial charge in [0.2, 0.25) is 0 Å². The lowest BCUT2D eigenvalue weighted by Crippen LogP contribution is -2.43. The van der Waals surface area contributed by atoms with Gasteiger partial charge in [-0.15, -0.1) is 0 Å². The van der Waals surface area contributed by atoms with Crippen molar-refractivity contribution in [1.29, 1.82) is 0 Å². The van der Waals surface area contributed by atoms with Crippen LogP contribution >= 0.6 is 0 Å². The van der Waals surface area contributed by atoms with Crippen molar-refractivity contribution >= 4 is 0 Å². The molecule has 2 atom stereocenters. The summed E-state index contributed by atoms with van der Waals surface area (Å²) in [7, 11) is 4.05. The molecule has 0 aliphatic rings. The Morgan fingerprint density at radius 2 is 1.74 bits per heavy atom. The van der Waals surface area contributed by atoms with Crippen LogP contribution in [0.25, 0.3) is 0 Å². The molecule has 0 saturated heterocycles. The summed E-state index contributed by atoms with van der Waals surface area (Å²) in [5.41, 5.74) is 0.767. The standard InChI is InChI=1S/C15H24F2N2/c1-10(2)15(9-19(4)5)18-11(3)12-6-7-13(16)14(17)8-12/h6-8,10-11,15,18H,9H2,1-5H3. The smallest absolute Gasteiger partial charge is 0.159 e. The van der Waals surface area contributed by atoms with Gasteiger partial charge in [0.1, 0.15) is 0 Å². The number of hydrogen-bond donors (Lipinski definition) is 1. The summed E-state index contributed by atoms with van der Waals surface area (Å²) in [6.07, 6.45) is 0. The fourth-order valence-electron chi connectivity index (χ4n) is 2.05. The van der Waals surface area contributed by atoms with Crippen LogP contribution in [0, 0.1) is 17.6 Å². The molecule has 0 aliphatic carbocycles. The van der Waals surface area contributed by atoms with E-state index in [2.05, 4.69) is 24.1 Å². The molecular formula is C15H24F2N2. The lowest BCUT2D eigenvalue weighted by Gasteiger charge is -2.29. The minimum atomic E-state index is -0.801. The Balaban J connectivity index is 2.75. The van der Waals surface area contributed by atoms with Gasteiger partial charge in [-0.1, -0.05) is 19.9 Å². The average molecular weight is 270 g/mol. The molecule has 0 aromatic heterocycles. The summed E-state index contributed by atoms with van der Waals surface area (Å²) in [6.45, 7) is 7.18. The molecular weight excluding hydrogens is 246 g/mol. The predicted octanol–water partition coefficient (Wildman–Crippen LogP) is 3.20. The first-order chi connectivity index (χ1) is 8.81. The summed E-state index contributed by atoms with van der Waals surface area (Å²) >= 11 is 0. The third-order valence-electron chi connectivity index (χ3n) is 3.27. The molecule has 2 unspecified atom stereocenters. The van der Waals surface area contributed by atoms with E-state index in [1.54, 1.807) is 6.07 Å². The minimum Gasteiger partial charge on any atom is -0.308 e. The van der Waals surface area contributed by atoms with E-state index in [1.165, 1.54) is 12.1 Å². The zero-order valence-corrected chi connectivity index (χ0v) is 12.4. The molecule has 0 fully saturated rings. The highest BCUT2D eigenvalue weighted by atomic mass is 19.2. The highest BCUT2D eigenvalue weighted by Gasteiger charge is 2.18. The van der Waals surface area contributed by atoms with E-state index in [0.29, 0.717) is 12.0 Å². The van der Waals surface area contributed by atoms with Crippen LogP contribution in [0.4, 0.5) is 8.78 Å². The third-order valence-corrected chi connectivity index (χ3v) is 3.27. The molecule has 4 heteroatoms. The lowest BCUT2D eigenvalue weighted by molar-refractivity contribution is 0.273. The van der Waals surface area contributed by atoms with E-state index in [9.17, 15) is 8.78 Å². The second-order valence-electron chi connectivity index (χ2n) is 5.67. The van der Waals surface area contributed by atoms with Crippen molar-refractivity contribution in [2.45, 2.75) is 32.9 Å². The molecule has 0 amide bonds. The number of likely N-dealkylation sites (N-methyl/N-ethyl adjacent to an activating group) is 1. The number of halogens is 2. The van der Waals surface area contributed by atoms with Gasteiger partial charge in [0.25, 0.3) is 0 Å². The number of nitrogens with one attached hydrogen (secondary N) is 1. The van der Waals surface area contributed by atoms with Gasteiger partial charge >= 0.3 is 0 Å². The number of benzene rings is 1. The first-order valence-corrected chi connectivity index (χ1v) is 6.67. The summed E-state index contributed by atoms with van der Waals surface area (Å²) in [6, 6.07) is 4.36. The van der Waals surface area contributed by atoms with Crippen LogP contribution in [0.15, 0.2) is 18.2 Å². The fourth-order valence-corrected chi connectivity index (χ4v) is 2.05. The van der Waals surface area contributed by atoms with Gasteiger partial charge in [0.05, 0.1) is 0 Å². The monoisotopic (exact) mass is 270 g/mol. The molecule has 1 rings (SSSR count). The van der Waals surface area contributed by atoms with Gasteiger partial charge in [-0.05, 0) is 44.6 Å². The van der Waals surface area contributed by atoms with Gasteiger partial charge in [-0.2, -0.15) is 0 Å². The predicted molar refractivity (Wildman–Crippen MR) is 75.1 cm³/mol. The molecule has 1 aromatic rings. The zero-order chi connectivity index (χ0) is 14.6. The normalized spacial score (nSPS) is 15.0. The van der Waals surface area contributed by atoms with Gasteiger partial charge in [-0.3, -0.25) is 0 Å². The van der Waals surface area contributed by atoms with Crippen LogP contribution in [-0.2, 0) is 0 Å². The van der Waals surface area contributed by atoms with Gasteiger partial charge in [0, 0.05) is 18.6 Å². The number of rotatable bonds is 6. The van der Waals surface area contributed by atoms with Crippen LogP contribution in [0.3, 0.4) is 0 Å². The van der Waals surface area contributed by atoms with Crippen LogP contribution in [0.2, 0.25) is 0 Å². The summed E-state index contributed by atoms with van der Waals surface area (Å²) in [5, 5.41) is 3.48. The highest BCUT2D eigenvalue weighted by Crippen LogP contribution is 2.18. The van der Waals surface area contributed by atoms with Crippen molar-refractivity contribution in [2.75, 3.05) is 20.6 Å². The quantitative estimate of drug-likeness (QED) is 0.854. The van der Waals surface area contributed by atoms with Crippen molar-refractivity contribution in [1.82, 2.24) is 10.2 Å². The Kier molecular flexibility index (Phi) is 5.88. The van der Waals surface area contributed by atoms with Crippen molar-refractivity contribution < 1.29 is 8.78 Å². The van der Waals surface area contributed by atoms with Crippen molar-refractivity contribution in [3.8, 4) is 0 Å². The molecule has 0 saturated carbocycles. The Bertz CT molecular complexity index is 405. The summed E-state index contributed by atoms with van der Waals surface area (Å²) in [5.74, 6) is -1.13. The molecule has 0 aliphatic heterocycles. The van der Waals surface area contributed by atoms with Crippen LogP contribution < -0.4 is 5.32 Å². The maximum Gasteiger partial charge on any atom is 0.159 e. The lowest BCUT2D eigenvalue weighted by atomic mass is 10.0. The third kappa shape index (κ3) is 4.88. The van der Waals surface area contributed by atoms with E-state index in [1.807, 2.05) is 21.0 Å². The number of hydrogen-bond acceptors (Lipinski definition) is 2. The Labute approximate surface area is 114 Å². The molecule has 1 aromatic carbocycles. The zero-order valence-electron chi connectivity index (χ0n) is 12.4. The molecule has 1 N–H and O–H groups in total. The van der Waals surface area contributed by atoms with Crippen LogP contribution in [0.5, 0.6) is 0 Å². The summed E-state index contributed by atoms with van der Waals surface area (Å²) < 4.78 is 26.2. The molecule has 0 radical (unpaired) electrons. The number of nitrogens with zero attached hydrogens (tertiary/aromatic N) is 1. The first-order valence-electron chi connectivity index (χ1n) is 6.67. The first kappa shape index (κ1) is 16.1. The van der Waals surface area contributed by atoms with Gasteiger partial charge < -0.3 is 10.2 Å². The Morgan fingerprint density at radius 3 is 2.21 bits per heavy atom. The van der Waals surface area contributed by atoms with E-state index in [0.717, 1.165) is 12.1 Å². The molecule has 0 spiro atoms. The van der Waals surface area contributed by atoms with Crippen LogP contribution in [0.1, 0.15) is 32.4 Å². The topological polar surface area (TPSA) is 15.3 Å².